The minimum Gasteiger partial charge on any atom is -0.506 e. The summed E-state index contributed by atoms with van der Waals surface area (Å²) < 4.78 is 0.802. The molecule has 14 heavy (non-hydrogen) atoms. The summed E-state index contributed by atoms with van der Waals surface area (Å²) in [6.07, 6.45) is 0. The molecule has 72 valence electrons. The first-order valence-electron chi connectivity index (χ1n) is 3.76. The minimum absolute atomic E-state index is 0.100. The van der Waals surface area contributed by atoms with Crippen LogP contribution in [0.1, 0.15) is 10.4 Å². The zero-order valence-electron chi connectivity index (χ0n) is 6.89. The third-order valence-corrected chi connectivity index (χ3v) is 3.40. The Kier molecular flexibility index (Phi) is 2.13. The lowest BCUT2D eigenvalue weighted by Gasteiger charge is -1.98. The molecule has 0 saturated carbocycles. The fourth-order valence-electron chi connectivity index (χ4n) is 1.23. The van der Waals surface area contributed by atoms with E-state index in [0.29, 0.717) is 10.3 Å². The summed E-state index contributed by atoms with van der Waals surface area (Å²) in [5.41, 5.74) is 0.135. The summed E-state index contributed by atoms with van der Waals surface area (Å²) in [6, 6.07) is 2.92. The molecule has 2 aromatic rings. The van der Waals surface area contributed by atoms with Gasteiger partial charge in [-0.25, -0.2) is 4.79 Å². The zero-order chi connectivity index (χ0) is 10.3. The molecule has 2 rings (SSSR count). The number of fused-ring (bicyclic) bond motifs is 1. The molecule has 0 radical (unpaired) electrons. The number of aromatic carboxylic acids is 1. The first kappa shape index (κ1) is 9.36. The van der Waals surface area contributed by atoms with E-state index in [4.69, 9.17) is 5.11 Å². The zero-order valence-corrected chi connectivity index (χ0v) is 8.60. The van der Waals surface area contributed by atoms with Crippen molar-refractivity contribution in [3.05, 3.63) is 23.1 Å². The number of carbonyl (C=O) groups is 1. The third-order valence-electron chi connectivity index (χ3n) is 1.88. The lowest BCUT2D eigenvalue weighted by Crippen LogP contribution is -1.95. The highest BCUT2D eigenvalue weighted by atomic mass is 32.1. The number of rotatable bonds is 1. The molecular weight excluding hydrogens is 220 g/mol. The minimum atomic E-state index is -1.02. The molecule has 1 aromatic heterocycles. The number of aromatic hydroxyl groups is 1. The predicted octanol–water partition coefficient (Wildman–Crippen LogP) is 2.59. The summed E-state index contributed by atoms with van der Waals surface area (Å²) in [5, 5.41) is 20.3. The van der Waals surface area contributed by atoms with Crippen LogP contribution in [-0.4, -0.2) is 16.2 Å². The van der Waals surface area contributed by atoms with E-state index in [1.54, 1.807) is 5.38 Å². The normalized spacial score (nSPS) is 10.6. The summed E-state index contributed by atoms with van der Waals surface area (Å²) in [6.45, 7) is 0. The highest BCUT2D eigenvalue weighted by Crippen LogP contribution is 2.36. The van der Waals surface area contributed by atoms with Crippen LogP contribution in [0, 0.1) is 0 Å². The molecule has 0 aliphatic rings. The van der Waals surface area contributed by atoms with Crippen LogP contribution in [0.15, 0.2) is 22.4 Å². The highest BCUT2D eigenvalue weighted by molar-refractivity contribution is 7.80. The van der Waals surface area contributed by atoms with Gasteiger partial charge in [0.15, 0.2) is 0 Å². The second kappa shape index (κ2) is 3.18. The van der Waals surface area contributed by atoms with Gasteiger partial charge in [0.1, 0.15) is 5.75 Å². The molecule has 0 aliphatic heterocycles. The SMILES string of the molecule is O=C(O)c1cc(S)c2scc(O)c2c1. The maximum Gasteiger partial charge on any atom is 0.335 e. The lowest BCUT2D eigenvalue weighted by molar-refractivity contribution is 0.0697. The second-order valence-electron chi connectivity index (χ2n) is 2.80. The Morgan fingerprint density at radius 3 is 2.79 bits per heavy atom. The van der Waals surface area contributed by atoms with Gasteiger partial charge in [0.05, 0.1) is 10.3 Å². The number of carboxylic acids is 1. The molecule has 1 heterocycles. The molecule has 0 spiro atoms. The van der Waals surface area contributed by atoms with Gasteiger partial charge in [-0.2, -0.15) is 0 Å². The maximum absolute atomic E-state index is 10.7. The average Bonchev–Trinajstić information content (AvgIpc) is 2.48. The van der Waals surface area contributed by atoms with Crippen molar-refractivity contribution < 1.29 is 15.0 Å². The monoisotopic (exact) mass is 226 g/mol. The van der Waals surface area contributed by atoms with Crippen molar-refractivity contribution in [2.24, 2.45) is 0 Å². The molecule has 0 saturated heterocycles. The van der Waals surface area contributed by atoms with Crippen molar-refractivity contribution in [3.8, 4) is 5.75 Å². The van der Waals surface area contributed by atoms with Crippen LogP contribution in [0.4, 0.5) is 0 Å². The molecule has 2 N–H and O–H groups in total. The summed E-state index contributed by atoms with van der Waals surface area (Å²) >= 11 is 5.51. The van der Waals surface area contributed by atoms with Crippen LogP contribution in [0.2, 0.25) is 0 Å². The molecular formula is C9H6O3S2. The smallest absolute Gasteiger partial charge is 0.335 e. The van der Waals surface area contributed by atoms with Gasteiger partial charge in [-0.1, -0.05) is 0 Å². The van der Waals surface area contributed by atoms with Gasteiger partial charge >= 0.3 is 5.97 Å². The molecule has 3 nitrogen and oxygen atoms in total. The van der Waals surface area contributed by atoms with Gasteiger partial charge in [0.2, 0.25) is 0 Å². The molecule has 0 fully saturated rings. The number of hydrogen-bond acceptors (Lipinski definition) is 4. The molecule has 0 aliphatic carbocycles. The Labute approximate surface area is 89.0 Å². The van der Waals surface area contributed by atoms with E-state index in [0.717, 1.165) is 4.70 Å². The lowest BCUT2D eigenvalue weighted by atomic mass is 10.1. The number of thiol groups is 1. The van der Waals surface area contributed by atoms with Crippen LogP contribution in [0.3, 0.4) is 0 Å². The van der Waals surface area contributed by atoms with Crippen LogP contribution in [-0.2, 0) is 0 Å². The van der Waals surface area contributed by atoms with Crippen LogP contribution < -0.4 is 0 Å². The first-order valence-corrected chi connectivity index (χ1v) is 5.09. The Hall–Kier alpha value is -1.20. The van der Waals surface area contributed by atoms with Crippen molar-refractivity contribution in [2.45, 2.75) is 4.90 Å². The van der Waals surface area contributed by atoms with Crippen LogP contribution in [0.25, 0.3) is 10.1 Å². The van der Waals surface area contributed by atoms with Crippen molar-refractivity contribution in [1.82, 2.24) is 0 Å². The molecule has 0 atom stereocenters. The first-order chi connectivity index (χ1) is 6.59. The van der Waals surface area contributed by atoms with Crippen molar-refractivity contribution in [2.75, 3.05) is 0 Å². The molecule has 0 amide bonds. The van der Waals surface area contributed by atoms with Gasteiger partial charge in [-0.15, -0.1) is 24.0 Å². The standard InChI is InChI=1S/C9H6O3S2/c10-6-3-14-8-5(6)1-4(9(11)12)2-7(8)13/h1-3,10,13H,(H,11,12). The fourth-order valence-corrected chi connectivity index (χ4v) is 2.47. The average molecular weight is 226 g/mol. The number of carboxylic acid groups (broad SMARTS) is 1. The van der Waals surface area contributed by atoms with Gasteiger partial charge in [-0.3, -0.25) is 0 Å². The van der Waals surface area contributed by atoms with Crippen LogP contribution in [0.5, 0.6) is 5.75 Å². The van der Waals surface area contributed by atoms with Crippen LogP contribution >= 0.6 is 24.0 Å². The van der Waals surface area contributed by atoms with E-state index < -0.39 is 5.97 Å². The van der Waals surface area contributed by atoms with E-state index in [1.807, 2.05) is 0 Å². The molecule has 1 aromatic carbocycles. The van der Waals surface area contributed by atoms with E-state index in [9.17, 15) is 9.90 Å². The molecule has 5 heteroatoms. The van der Waals surface area contributed by atoms with Crippen molar-refractivity contribution in [3.63, 3.8) is 0 Å². The highest BCUT2D eigenvalue weighted by Gasteiger charge is 2.11. The topological polar surface area (TPSA) is 57.5 Å². The quantitative estimate of drug-likeness (QED) is 0.655. The Bertz CT molecular complexity index is 516. The third kappa shape index (κ3) is 1.34. The van der Waals surface area contributed by atoms with Gasteiger partial charge in [-0.05, 0) is 12.1 Å². The summed E-state index contributed by atoms with van der Waals surface area (Å²) in [5.74, 6) is -0.920. The van der Waals surface area contributed by atoms with Gasteiger partial charge in [0.25, 0.3) is 0 Å². The summed E-state index contributed by atoms with van der Waals surface area (Å²) in [4.78, 5) is 11.3. The van der Waals surface area contributed by atoms with E-state index in [-0.39, 0.29) is 11.3 Å². The van der Waals surface area contributed by atoms with E-state index >= 15 is 0 Å². The van der Waals surface area contributed by atoms with E-state index in [2.05, 4.69) is 12.6 Å². The van der Waals surface area contributed by atoms with Gasteiger partial charge in [0, 0.05) is 15.7 Å². The number of benzene rings is 1. The predicted molar refractivity (Wildman–Crippen MR) is 57.7 cm³/mol. The van der Waals surface area contributed by atoms with Gasteiger partial charge < -0.3 is 10.2 Å². The molecule has 0 unspecified atom stereocenters. The summed E-state index contributed by atoms with van der Waals surface area (Å²) in [7, 11) is 0. The largest absolute Gasteiger partial charge is 0.506 e. The Morgan fingerprint density at radius 1 is 1.43 bits per heavy atom. The Balaban J connectivity index is 2.82. The van der Waals surface area contributed by atoms with E-state index in [1.165, 1.54) is 23.5 Å². The number of hydrogen-bond donors (Lipinski definition) is 3. The second-order valence-corrected chi connectivity index (χ2v) is 4.16. The molecule has 0 bridgehead atoms. The van der Waals surface area contributed by atoms with Crippen molar-refractivity contribution >= 4 is 40.0 Å². The van der Waals surface area contributed by atoms with Crippen molar-refractivity contribution in [1.29, 1.82) is 0 Å². The fraction of sp³-hybridized carbons (Fsp3) is 0. The number of thiophene rings is 1. The Morgan fingerprint density at radius 2 is 2.14 bits per heavy atom. The maximum atomic E-state index is 10.7.